The molecule has 1 amide bonds. The van der Waals surface area contributed by atoms with E-state index in [-0.39, 0.29) is 17.0 Å². The van der Waals surface area contributed by atoms with Crippen molar-refractivity contribution in [1.29, 1.82) is 0 Å². The molecule has 33 heavy (non-hydrogen) atoms. The fraction of sp³-hybridized carbons (Fsp3) is 0.400. The molecular weight excluding hydrogens is 422 g/mol. The molecule has 0 spiro atoms. The first-order valence-electron chi connectivity index (χ1n) is 10.9. The van der Waals surface area contributed by atoms with Gasteiger partial charge in [-0.2, -0.15) is 0 Å². The molecule has 8 nitrogen and oxygen atoms in total. The van der Waals surface area contributed by atoms with Crippen molar-refractivity contribution in [2.45, 2.75) is 33.2 Å². The Morgan fingerprint density at radius 3 is 2.36 bits per heavy atom. The van der Waals surface area contributed by atoms with Gasteiger partial charge in [0.1, 0.15) is 11.5 Å². The highest BCUT2D eigenvalue weighted by molar-refractivity contribution is 6.46. The number of aromatic nitrogens is 1. The molecule has 0 bridgehead atoms. The highest BCUT2D eigenvalue weighted by Crippen LogP contribution is 2.41. The van der Waals surface area contributed by atoms with E-state index in [4.69, 9.17) is 4.74 Å². The van der Waals surface area contributed by atoms with E-state index < -0.39 is 23.7 Å². The van der Waals surface area contributed by atoms with Crippen molar-refractivity contribution in [2.75, 3.05) is 34.3 Å². The summed E-state index contributed by atoms with van der Waals surface area (Å²) >= 11 is 0. The number of nitrogens with one attached hydrogen (secondary N) is 1. The van der Waals surface area contributed by atoms with Gasteiger partial charge in [0.25, 0.3) is 11.7 Å². The SMILES string of the molecule is COC(=O)c1[nH]c(C)c(C(O)=C2C(=O)C(=O)N(CCCN(C)C)[C@@H]2c2ccc(C)cc2)c1C. The van der Waals surface area contributed by atoms with E-state index >= 15 is 0 Å². The molecule has 2 aromatic rings. The van der Waals surface area contributed by atoms with Gasteiger partial charge in [0.2, 0.25) is 0 Å². The maximum Gasteiger partial charge on any atom is 0.354 e. The molecule has 0 aliphatic carbocycles. The molecule has 0 saturated carbocycles. The van der Waals surface area contributed by atoms with Gasteiger partial charge in [-0.25, -0.2) is 4.79 Å². The number of esters is 1. The van der Waals surface area contributed by atoms with Gasteiger partial charge in [-0.1, -0.05) is 29.8 Å². The van der Waals surface area contributed by atoms with Crippen LogP contribution in [0.3, 0.4) is 0 Å². The minimum absolute atomic E-state index is 0.0234. The number of likely N-dealkylation sites (tertiary alicyclic amines) is 1. The van der Waals surface area contributed by atoms with Crippen LogP contribution in [0.15, 0.2) is 29.8 Å². The van der Waals surface area contributed by atoms with Crippen molar-refractivity contribution in [3.8, 4) is 0 Å². The lowest BCUT2D eigenvalue weighted by Crippen LogP contribution is -2.32. The van der Waals surface area contributed by atoms with Crippen LogP contribution < -0.4 is 0 Å². The number of hydrogen-bond donors (Lipinski definition) is 2. The maximum absolute atomic E-state index is 13.2. The van der Waals surface area contributed by atoms with Crippen LogP contribution in [0.5, 0.6) is 0 Å². The van der Waals surface area contributed by atoms with E-state index in [0.717, 1.165) is 17.7 Å². The molecule has 1 saturated heterocycles. The summed E-state index contributed by atoms with van der Waals surface area (Å²) in [5.41, 5.74) is 3.30. The number of Topliss-reactive ketones (excluding diaryl/α,β-unsaturated/α-hetero) is 1. The molecule has 176 valence electrons. The third kappa shape index (κ3) is 4.57. The van der Waals surface area contributed by atoms with Crippen LogP contribution in [0.1, 0.15) is 50.9 Å². The number of methoxy groups -OCH3 is 1. The van der Waals surface area contributed by atoms with Crippen LogP contribution in [0.4, 0.5) is 0 Å². The average molecular weight is 454 g/mol. The number of nitrogens with zero attached hydrogens (tertiary/aromatic N) is 2. The van der Waals surface area contributed by atoms with E-state index in [9.17, 15) is 19.5 Å². The Kier molecular flexibility index (Phi) is 7.07. The van der Waals surface area contributed by atoms with Crippen LogP contribution in [0, 0.1) is 20.8 Å². The molecule has 8 heteroatoms. The molecule has 1 aromatic carbocycles. The second-order valence-corrected chi connectivity index (χ2v) is 8.68. The number of amides is 1. The van der Waals surface area contributed by atoms with Crippen molar-refractivity contribution in [3.63, 3.8) is 0 Å². The van der Waals surface area contributed by atoms with E-state index in [2.05, 4.69) is 4.98 Å². The summed E-state index contributed by atoms with van der Waals surface area (Å²) in [5.74, 6) is -2.24. The number of benzene rings is 1. The number of aromatic amines is 1. The Hall–Kier alpha value is -3.39. The minimum Gasteiger partial charge on any atom is -0.507 e. The van der Waals surface area contributed by atoms with Crippen molar-refractivity contribution >= 4 is 23.4 Å². The first-order chi connectivity index (χ1) is 15.6. The second-order valence-electron chi connectivity index (χ2n) is 8.68. The summed E-state index contributed by atoms with van der Waals surface area (Å²) < 4.78 is 4.81. The number of ether oxygens (including phenoxy) is 1. The summed E-state index contributed by atoms with van der Waals surface area (Å²) in [5, 5.41) is 11.4. The van der Waals surface area contributed by atoms with Gasteiger partial charge in [-0.3, -0.25) is 9.59 Å². The summed E-state index contributed by atoms with van der Waals surface area (Å²) in [4.78, 5) is 44.8. The van der Waals surface area contributed by atoms with Crippen molar-refractivity contribution in [3.05, 3.63) is 63.5 Å². The Labute approximate surface area is 193 Å². The number of carbonyl (C=O) groups is 3. The Balaban J connectivity index is 2.17. The molecule has 0 radical (unpaired) electrons. The van der Waals surface area contributed by atoms with E-state index in [0.29, 0.717) is 29.8 Å². The number of aliphatic hydroxyl groups excluding tert-OH is 1. The lowest BCUT2D eigenvalue weighted by molar-refractivity contribution is -0.139. The number of carbonyl (C=O) groups excluding carboxylic acids is 3. The zero-order valence-electron chi connectivity index (χ0n) is 20.0. The molecule has 1 aliphatic heterocycles. The molecule has 1 atom stereocenters. The van der Waals surface area contributed by atoms with Gasteiger partial charge in [-0.15, -0.1) is 0 Å². The lowest BCUT2D eigenvalue weighted by atomic mass is 9.93. The number of ketones is 1. The molecular formula is C25H31N3O5. The molecule has 0 unspecified atom stereocenters. The van der Waals surface area contributed by atoms with Gasteiger partial charge < -0.3 is 24.6 Å². The number of rotatable bonds is 7. The van der Waals surface area contributed by atoms with E-state index in [1.54, 1.807) is 13.8 Å². The van der Waals surface area contributed by atoms with Crippen LogP contribution in [-0.2, 0) is 14.3 Å². The second kappa shape index (κ2) is 9.62. The predicted octanol–water partition coefficient (Wildman–Crippen LogP) is 3.10. The Morgan fingerprint density at radius 2 is 1.79 bits per heavy atom. The molecule has 2 N–H and O–H groups in total. The lowest BCUT2D eigenvalue weighted by Gasteiger charge is -2.26. The average Bonchev–Trinajstić information content (AvgIpc) is 3.20. The number of aryl methyl sites for hydroxylation is 2. The number of aliphatic hydroxyl groups is 1. The third-order valence-corrected chi connectivity index (χ3v) is 6.00. The summed E-state index contributed by atoms with van der Waals surface area (Å²) in [6.45, 7) is 6.44. The van der Waals surface area contributed by atoms with Gasteiger partial charge in [0.15, 0.2) is 0 Å². The van der Waals surface area contributed by atoms with Gasteiger partial charge in [0.05, 0.1) is 18.7 Å². The van der Waals surface area contributed by atoms with Gasteiger partial charge in [-0.05, 0) is 59.0 Å². The zero-order valence-corrected chi connectivity index (χ0v) is 20.0. The van der Waals surface area contributed by atoms with Crippen molar-refractivity contribution < 1.29 is 24.2 Å². The summed E-state index contributed by atoms with van der Waals surface area (Å²) in [6, 6.07) is 6.85. The molecule has 3 rings (SSSR count). The topological polar surface area (TPSA) is 103 Å². The Morgan fingerprint density at radius 1 is 1.15 bits per heavy atom. The normalized spacial score (nSPS) is 17.8. The van der Waals surface area contributed by atoms with Crippen LogP contribution in [0.25, 0.3) is 5.76 Å². The summed E-state index contributed by atoms with van der Waals surface area (Å²) in [6.07, 6.45) is 0.678. The van der Waals surface area contributed by atoms with Crippen molar-refractivity contribution in [2.24, 2.45) is 0 Å². The molecule has 1 fully saturated rings. The highest BCUT2D eigenvalue weighted by atomic mass is 16.5. The first kappa shape index (κ1) is 24.3. The third-order valence-electron chi connectivity index (χ3n) is 6.00. The maximum atomic E-state index is 13.2. The number of hydrogen-bond acceptors (Lipinski definition) is 6. The standard InChI is InChI=1S/C25H31N3O5/c1-14-8-10-17(11-9-14)21-19(23(30)24(31)28(21)13-7-12-27(4)5)22(29)18-15(2)20(25(32)33-6)26-16(18)3/h8-11,21,26,29H,7,12-13H2,1-6H3/t21-/m1/s1. The van der Waals surface area contributed by atoms with Gasteiger partial charge in [0, 0.05) is 17.8 Å². The van der Waals surface area contributed by atoms with Crippen LogP contribution >= 0.6 is 0 Å². The Bertz CT molecular complexity index is 1110. The zero-order chi connectivity index (χ0) is 24.4. The van der Waals surface area contributed by atoms with E-state index in [1.807, 2.05) is 50.2 Å². The molecule has 1 aromatic heterocycles. The molecule has 1 aliphatic rings. The first-order valence-corrected chi connectivity index (χ1v) is 10.9. The minimum atomic E-state index is -0.734. The monoisotopic (exact) mass is 453 g/mol. The smallest absolute Gasteiger partial charge is 0.354 e. The predicted molar refractivity (Wildman–Crippen MR) is 125 cm³/mol. The quantitative estimate of drug-likeness (QED) is 0.289. The number of H-pyrrole nitrogens is 1. The van der Waals surface area contributed by atoms with E-state index in [1.165, 1.54) is 12.0 Å². The fourth-order valence-corrected chi connectivity index (χ4v) is 4.31. The highest BCUT2D eigenvalue weighted by Gasteiger charge is 2.46. The van der Waals surface area contributed by atoms with Gasteiger partial charge >= 0.3 is 5.97 Å². The van der Waals surface area contributed by atoms with Crippen molar-refractivity contribution in [1.82, 2.24) is 14.8 Å². The summed E-state index contributed by atoms with van der Waals surface area (Å²) in [7, 11) is 5.16. The largest absolute Gasteiger partial charge is 0.507 e. The van der Waals surface area contributed by atoms with Crippen LogP contribution in [-0.4, -0.2) is 71.8 Å². The molecule has 2 heterocycles. The van der Waals surface area contributed by atoms with Crippen LogP contribution in [0.2, 0.25) is 0 Å². The fourth-order valence-electron chi connectivity index (χ4n) is 4.31.